The van der Waals surface area contributed by atoms with Gasteiger partial charge in [-0.2, -0.15) is 13.2 Å². The number of aliphatic carboxylic acids is 1. The number of carbonyl (C=O) groups excluding carboxylic acids is 1. The number of carboxylic acids is 1. The second-order valence-electron chi connectivity index (χ2n) is 4.13. The predicted molar refractivity (Wildman–Crippen MR) is 51.3 cm³/mol. The topological polar surface area (TPSA) is 78.4 Å². The Balaban J connectivity index is 2.59. The number of halogens is 3. The number of nitrogens with one attached hydrogen (secondary N) is 2. The van der Waals surface area contributed by atoms with Crippen molar-refractivity contribution < 1.29 is 27.9 Å². The second kappa shape index (κ2) is 4.52. The fraction of sp³-hybridized carbons (Fsp3) is 0.778. The summed E-state index contributed by atoms with van der Waals surface area (Å²) >= 11 is 0. The van der Waals surface area contributed by atoms with Crippen LogP contribution < -0.4 is 10.6 Å². The number of carbonyl (C=O) groups is 2. The Morgan fingerprint density at radius 2 is 1.88 bits per heavy atom. The van der Waals surface area contributed by atoms with Gasteiger partial charge >= 0.3 is 12.1 Å². The monoisotopic (exact) mass is 254 g/mol. The highest BCUT2D eigenvalue weighted by Crippen LogP contribution is 2.30. The van der Waals surface area contributed by atoms with E-state index in [0.29, 0.717) is 6.92 Å². The number of rotatable bonds is 5. The van der Waals surface area contributed by atoms with Gasteiger partial charge in [0.1, 0.15) is 0 Å². The summed E-state index contributed by atoms with van der Waals surface area (Å²) in [6.45, 7) is 0.105. The van der Waals surface area contributed by atoms with Crippen LogP contribution in [0.4, 0.5) is 13.2 Å². The van der Waals surface area contributed by atoms with Crippen molar-refractivity contribution in [3.63, 3.8) is 0 Å². The maximum atomic E-state index is 12.5. The molecule has 0 aliphatic heterocycles. The Kier molecular flexibility index (Phi) is 3.65. The van der Waals surface area contributed by atoms with Crippen molar-refractivity contribution in [3.05, 3.63) is 0 Å². The Hall–Kier alpha value is -1.31. The van der Waals surface area contributed by atoms with E-state index >= 15 is 0 Å². The molecule has 0 spiro atoms. The van der Waals surface area contributed by atoms with Gasteiger partial charge in [0.05, 0.1) is 6.54 Å². The van der Waals surface area contributed by atoms with Crippen LogP contribution in [0.25, 0.3) is 0 Å². The fourth-order valence-electron chi connectivity index (χ4n) is 1.09. The highest BCUT2D eigenvalue weighted by molar-refractivity contribution is 5.88. The van der Waals surface area contributed by atoms with Gasteiger partial charge in [0.2, 0.25) is 11.4 Å². The number of hydrogen-bond donors (Lipinski definition) is 3. The highest BCUT2D eigenvalue weighted by atomic mass is 19.4. The quantitative estimate of drug-likeness (QED) is 0.657. The van der Waals surface area contributed by atoms with E-state index in [1.165, 1.54) is 5.32 Å². The molecule has 0 saturated heterocycles. The summed E-state index contributed by atoms with van der Waals surface area (Å²) in [5.74, 6) is -3.12. The molecule has 1 aliphatic carbocycles. The molecule has 0 heterocycles. The van der Waals surface area contributed by atoms with Gasteiger partial charge in [-0.05, 0) is 19.8 Å². The number of carboxylic acid groups (broad SMARTS) is 1. The lowest BCUT2D eigenvalue weighted by Crippen LogP contribution is -2.63. The van der Waals surface area contributed by atoms with Crippen molar-refractivity contribution >= 4 is 11.9 Å². The van der Waals surface area contributed by atoms with Gasteiger partial charge in [-0.1, -0.05) is 0 Å². The third kappa shape index (κ3) is 3.32. The first kappa shape index (κ1) is 13.8. The van der Waals surface area contributed by atoms with E-state index in [4.69, 9.17) is 5.11 Å². The molecule has 1 saturated carbocycles. The van der Waals surface area contributed by atoms with E-state index in [0.717, 1.165) is 12.8 Å². The third-order valence-electron chi connectivity index (χ3n) is 2.51. The highest BCUT2D eigenvalue weighted by Gasteiger charge is 2.58. The zero-order chi connectivity index (χ0) is 13.3. The van der Waals surface area contributed by atoms with Crippen molar-refractivity contribution in [2.24, 2.45) is 0 Å². The number of alkyl halides is 3. The Bertz CT molecular complexity index is 328. The maximum Gasteiger partial charge on any atom is 0.422 e. The van der Waals surface area contributed by atoms with Crippen LogP contribution in [-0.2, 0) is 9.59 Å². The van der Waals surface area contributed by atoms with Crippen LogP contribution in [0, 0.1) is 0 Å². The molecule has 0 bridgehead atoms. The smallest absolute Gasteiger partial charge is 0.422 e. The average Bonchev–Trinajstić information content (AvgIpc) is 2.95. The minimum Gasteiger partial charge on any atom is -0.479 e. The van der Waals surface area contributed by atoms with E-state index in [1.807, 2.05) is 0 Å². The van der Waals surface area contributed by atoms with Crippen molar-refractivity contribution in [2.45, 2.75) is 37.5 Å². The van der Waals surface area contributed by atoms with Crippen LogP contribution in [-0.4, -0.2) is 41.3 Å². The van der Waals surface area contributed by atoms with Crippen LogP contribution in [0.2, 0.25) is 0 Å². The molecule has 1 amide bonds. The minimum absolute atomic E-state index is 0.155. The molecule has 5 nitrogen and oxygen atoms in total. The summed E-state index contributed by atoms with van der Waals surface area (Å²) in [5, 5.41) is 12.7. The molecule has 1 fully saturated rings. The molecule has 3 N–H and O–H groups in total. The first-order valence-corrected chi connectivity index (χ1v) is 5.01. The van der Waals surface area contributed by atoms with Gasteiger partial charge in [-0.3, -0.25) is 4.79 Å². The first-order chi connectivity index (χ1) is 7.67. The molecular weight excluding hydrogens is 241 g/mol. The molecule has 1 unspecified atom stereocenters. The lowest BCUT2D eigenvalue weighted by molar-refractivity contribution is -0.206. The summed E-state index contributed by atoms with van der Waals surface area (Å²) in [5.41, 5.74) is -3.25. The largest absolute Gasteiger partial charge is 0.479 e. The van der Waals surface area contributed by atoms with Crippen molar-refractivity contribution in [2.75, 3.05) is 6.54 Å². The molecule has 98 valence electrons. The summed E-state index contributed by atoms with van der Waals surface area (Å²) < 4.78 is 37.5. The SMILES string of the molecule is CC(NC(=O)CNC1CC1)(C(=O)O)C(F)(F)F. The molecular formula is C9H13F3N2O3. The fourth-order valence-corrected chi connectivity index (χ4v) is 1.09. The van der Waals surface area contributed by atoms with E-state index < -0.39 is 23.6 Å². The third-order valence-corrected chi connectivity index (χ3v) is 2.51. The molecule has 0 aromatic heterocycles. The van der Waals surface area contributed by atoms with Gasteiger partial charge in [-0.15, -0.1) is 0 Å². The Morgan fingerprint density at radius 1 is 1.35 bits per heavy atom. The van der Waals surface area contributed by atoms with E-state index in [9.17, 15) is 22.8 Å². The van der Waals surface area contributed by atoms with Gasteiger partial charge < -0.3 is 15.7 Å². The van der Waals surface area contributed by atoms with Crippen LogP contribution in [0.3, 0.4) is 0 Å². The number of amides is 1. The van der Waals surface area contributed by atoms with Crippen LogP contribution in [0.15, 0.2) is 0 Å². The van der Waals surface area contributed by atoms with E-state index in [-0.39, 0.29) is 12.6 Å². The van der Waals surface area contributed by atoms with E-state index in [2.05, 4.69) is 5.32 Å². The second-order valence-corrected chi connectivity index (χ2v) is 4.13. The van der Waals surface area contributed by atoms with Crippen molar-refractivity contribution in [1.82, 2.24) is 10.6 Å². The van der Waals surface area contributed by atoms with Gasteiger partial charge in [-0.25, -0.2) is 4.79 Å². The molecule has 1 atom stereocenters. The van der Waals surface area contributed by atoms with Gasteiger partial charge in [0.25, 0.3) is 0 Å². The zero-order valence-corrected chi connectivity index (χ0v) is 9.10. The van der Waals surface area contributed by atoms with Crippen molar-refractivity contribution in [3.8, 4) is 0 Å². The Morgan fingerprint density at radius 3 is 2.24 bits per heavy atom. The molecule has 17 heavy (non-hydrogen) atoms. The molecule has 0 radical (unpaired) electrons. The standard InChI is InChI=1S/C9H13F3N2O3/c1-8(7(16)17,9(10,11)12)14-6(15)4-13-5-2-3-5/h5,13H,2-4H2,1H3,(H,14,15)(H,16,17). The van der Waals surface area contributed by atoms with Gasteiger partial charge in [0, 0.05) is 6.04 Å². The molecule has 0 aromatic carbocycles. The maximum absolute atomic E-state index is 12.5. The summed E-state index contributed by atoms with van der Waals surface area (Å²) in [7, 11) is 0. The van der Waals surface area contributed by atoms with E-state index in [1.54, 1.807) is 0 Å². The molecule has 8 heteroatoms. The summed E-state index contributed by atoms with van der Waals surface area (Å²) in [6, 6.07) is 0.155. The summed E-state index contributed by atoms with van der Waals surface area (Å²) in [6.07, 6.45) is -3.29. The average molecular weight is 254 g/mol. The Labute approximate surface area is 95.4 Å². The number of hydrogen-bond acceptors (Lipinski definition) is 3. The molecule has 0 aromatic rings. The zero-order valence-electron chi connectivity index (χ0n) is 9.10. The van der Waals surface area contributed by atoms with Crippen molar-refractivity contribution in [1.29, 1.82) is 0 Å². The molecule has 1 rings (SSSR count). The van der Waals surface area contributed by atoms with Crippen LogP contribution in [0.5, 0.6) is 0 Å². The summed E-state index contributed by atoms with van der Waals surface area (Å²) in [4.78, 5) is 21.8. The molecule has 1 aliphatic rings. The van der Waals surface area contributed by atoms with Crippen LogP contribution in [0.1, 0.15) is 19.8 Å². The van der Waals surface area contributed by atoms with Crippen LogP contribution >= 0.6 is 0 Å². The first-order valence-electron chi connectivity index (χ1n) is 5.01. The lowest BCUT2D eigenvalue weighted by Gasteiger charge is -2.28. The lowest BCUT2D eigenvalue weighted by atomic mass is 10.0. The minimum atomic E-state index is -5.05. The normalized spacial score (nSPS) is 19.5. The van der Waals surface area contributed by atoms with Gasteiger partial charge in [0.15, 0.2) is 0 Å². The predicted octanol–water partition coefficient (Wildman–Crippen LogP) is 0.260.